The number of rotatable bonds is 8. The first-order valence-corrected chi connectivity index (χ1v) is 14.3. The van der Waals surface area contributed by atoms with E-state index < -0.39 is 32.0 Å². The standard InChI is InChI=1S/C11H28O4Si3/c1-10(2)9-13-11(16-12,14-17(3,4)5)15-18(6,7)8/h12H,1,9,16H2,2-8H3. The van der Waals surface area contributed by atoms with E-state index in [1.54, 1.807) is 0 Å². The maximum atomic E-state index is 9.79. The molecular formula is C11H28O4Si3. The second-order valence-corrected chi connectivity index (χ2v) is 16.6. The molecule has 0 aromatic carbocycles. The third kappa shape index (κ3) is 8.35. The minimum atomic E-state index is -1.87. The van der Waals surface area contributed by atoms with Gasteiger partial charge in [-0.3, -0.25) is 0 Å². The van der Waals surface area contributed by atoms with Gasteiger partial charge in [0.2, 0.25) is 0 Å². The van der Waals surface area contributed by atoms with Crippen molar-refractivity contribution in [3.8, 4) is 0 Å². The van der Waals surface area contributed by atoms with Crippen molar-refractivity contribution in [3.05, 3.63) is 12.2 Å². The summed E-state index contributed by atoms with van der Waals surface area (Å²) in [6.07, 6.45) is 0. The average molecular weight is 309 g/mol. The van der Waals surface area contributed by atoms with Crippen molar-refractivity contribution in [2.75, 3.05) is 6.61 Å². The Balaban J connectivity index is 5.00. The minimum absolute atomic E-state index is 0.350. The molecule has 0 aliphatic rings. The molecule has 0 aromatic rings. The molecule has 108 valence electrons. The molecule has 7 heteroatoms. The van der Waals surface area contributed by atoms with Crippen LogP contribution in [0.3, 0.4) is 0 Å². The van der Waals surface area contributed by atoms with Crippen LogP contribution in [-0.4, -0.2) is 43.4 Å². The van der Waals surface area contributed by atoms with Crippen LogP contribution in [-0.2, 0) is 13.6 Å². The fraction of sp³-hybridized carbons (Fsp3) is 0.818. The molecule has 18 heavy (non-hydrogen) atoms. The maximum Gasteiger partial charge on any atom is 0.261 e. The van der Waals surface area contributed by atoms with Crippen molar-refractivity contribution in [1.29, 1.82) is 0 Å². The SMILES string of the molecule is C=C(C)COC(O[Si](C)(C)C)(O[Si](C)(C)C)[SiH2]O. The highest BCUT2D eigenvalue weighted by Crippen LogP contribution is 2.25. The van der Waals surface area contributed by atoms with E-state index in [0.717, 1.165) is 5.57 Å². The van der Waals surface area contributed by atoms with Crippen molar-refractivity contribution in [2.45, 2.75) is 51.8 Å². The molecule has 0 saturated carbocycles. The Bertz CT molecular complexity index is 265. The third-order valence-electron chi connectivity index (χ3n) is 1.66. The summed E-state index contributed by atoms with van der Waals surface area (Å²) in [5.74, 6) is 0. The van der Waals surface area contributed by atoms with E-state index in [1.165, 1.54) is 0 Å². The van der Waals surface area contributed by atoms with Crippen molar-refractivity contribution >= 4 is 26.4 Å². The quantitative estimate of drug-likeness (QED) is 0.423. The Kier molecular flexibility index (Phi) is 6.68. The average Bonchev–Trinajstić information content (AvgIpc) is 2.09. The lowest BCUT2D eigenvalue weighted by molar-refractivity contribution is -0.253. The lowest BCUT2D eigenvalue weighted by atomic mass is 10.4. The largest absolute Gasteiger partial charge is 0.430 e. The summed E-state index contributed by atoms with van der Waals surface area (Å²) in [7, 11) is -5.36. The molecule has 0 fully saturated rings. The molecule has 0 spiro atoms. The number of ether oxygens (including phenoxy) is 1. The fourth-order valence-electron chi connectivity index (χ4n) is 1.36. The van der Waals surface area contributed by atoms with Gasteiger partial charge in [0.05, 0.1) is 6.61 Å². The molecule has 1 N–H and O–H groups in total. The Morgan fingerprint density at radius 2 is 1.50 bits per heavy atom. The summed E-state index contributed by atoms with van der Waals surface area (Å²) < 4.78 is 17.7. The van der Waals surface area contributed by atoms with E-state index >= 15 is 0 Å². The van der Waals surface area contributed by atoms with Gasteiger partial charge in [0.1, 0.15) is 0 Å². The van der Waals surface area contributed by atoms with Gasteiger partial charge < -0.3 is 18.4 Å². The Morgan fingerprint density at radius 3 is 1.72 bits per heavy atom. The van der Waals surface area contributed by atoms with Crippen molar-refractivity contribution < 1.29 is 18.4 Å². The monoisotopic (exact) mass is 308 g/mol. The zero-order valence-corrected chi connectivity index (χ0v) is 16.2. The van der Waals surface area contributed by atoms with Gasteiger partial charge in [-0.25, -0.2) is 0 Å². The van der Waals surface area contributed by atoms with E-state index in [1.807, 2.05) is 6.92 Å². The van der Waals surface area contributed by atoms with Gasteiger partial charge >= 0.3 is 0 Å². The van der Waals surface area contributed by atoms with Crippen LogP contribution in [0, 0.1) is 0 Å². The second-order valence-electron chi connectivity index (χ2n) is 6.52. The van der Waals surface area contributed by atoms with Crippen LogP contribution in [0.25, 0.3) is 0 Å². The lowest BCUT2D eigenvalue weighted by Gasteiger charge is -2.41. The highest BCUT2D eigenvalue weighted by atomic mass is 28.4. The highest BCUT2D eigenvalue weighted by Gasteiger charge is 2.42. The first-order valence-electron chi connectivity index (χ1n) is 6.19. The Labute approximate surface area is 116 Å². The molecule has 0 amide bonds. The summed E-state index contributed by atoms with van der Waals surface area (Å²) >= 11 is 0. The molecule has 0 aliphatic carbocycles. The molecule has 0 aliphatic heterocycles. The van der Waals surface area contributed by atoms with Gasteiger partial charge in [0, 0.05) is 0 Å². The zero-order chi connectivity index (χ0) is 14.6. The predicted molar refractivity (Wildman–Crippen MR) is 83.1 cm³/mol. The lowest BCUT2D eigenvalue weighted by Crippen LogP contribution is -2.56. The molecule has 4 nitrogen and oxygen atoms in total. The molecule has 0 bridgehead atoms. The topological polar surface area (TPSA) is 47.9 Å². The molecule has 0 saturated heterocycles. The van der Waals surface area contributed by atoms with E-state index in [-0.39, 0.29) is 0 Å². The molecule has 0 radical (unpaired) electrons. The van der Waals surface area contributed by atoms with E-state index in [2.05, 4.69) is 45.9 Å². The Morgan fingerprint density at radius 1 is 1.11 bits per heavy atom. The van der Waals surface area contributed by atoms with E-state index in [0.29, 0.717) is 6.61 Å². The minimum Gasteiger partial charge on any atom is -0.430 e. The van der Waals surface area contributed by atoms with Crippen molar-refractivity contribution in [2.24, 2.45) is 0 Å². The van der Waals surface area contributed by atoms with Gasteiger partial charge in [-0.1, -0.05) is 12.2 Å². The molecule has 0 aromatic heterocycles. The van der Waals surface area contributed by atoms with Crippen LogP contribution in [0.15, 0.2) is 12.2 Å². The highest BCUT2D eigenvalue weighted by molar-refractivity contribution is 6.71. The summed E-state index contributed by atoms with van der Waals surface area (Å²) in [5.41, 5.74) is -0.311. The van der Waals surface area contributed by atoms with Crippen LogP contribution in [0.2, 0.25) is 39.3 Å². The summed E-state index contributed by atoms with van der Waals surface area (Å²) in [4.78, 5) is 9.79. The van der Waals surface area contributed by atoms with Gasteiger partial charge in [-0.05, 0) is 46.2 Å². The first kappa shape index (κ1) is 18.2. The van der Waals surface area contributed by atoms with Crippen LogP contribution in [0.4, 0.5) is 0 Å². The maximum absolute atomic E-state index is 9.79. The summed E-state index contributed by atoms with van der Waals surface area (Å²) in [6, 6.07) is 0. The normalized spacial score (nSPS) is 14.4. The zero-order valence-electron chi connectivity index (χ0n) is 12.8. The van der Waals surface area contributed by atoms with Crippen LogP contribution in [0.1, 0.15) is 6.92 Å². The first-order chi connectivity index (χ1) is 7.89. The fourth-order valence-corrected chi connectivity index (χ4v) is 6.81. The van der Waals surface area contributed by atoms with Crippen LogP contribution >= 0.6 is 0 Å². The molecule has 0 unspecified atom stereocenters. The van der Waals surface area contributed by atoms with E-state index in [9.17, 15) is 4.80 Å². The smallest absolute Gasteiger partial charge is 0.261 e. The molecule has 0 rings (SSSR count). The van der Waals surface area contributed by atoms with Gasteiger partial charge in [0.15, 0.2) is 16.6 Å². The van der Waals surface area contributed by atoms with Crippen LogP contribution < -0.4 is 0 Å². The van der Waals surface area contributed by atoms with Crippen LogP contribution in [0.5, 0.6) is 0 Å². The molecule has 0 heterocycles. The van der Waals surface area contributed by atoms with Gasteiger partial charge in [-0.2, -0.15) is 0 Å². The van der Waals surface area contributed by atoms with Crippen molar-refractivity contribution in [3.63, 3.8) is 0 Å². The molecule has 0 atom stereocenters. The third-order valence-corrected chi connectivity index (χ3v) is 4.96. The van der Waals surface area contributed by atoms with Crippen molar-refractivity contribution in [1.82, 2.24) is 0 Å². The Hall–Kier alpha value is 0.231. The van der Waals surface area contributed by atoms with E-state index in [4.69, 9.17) is 13.6 Å². The van der Waals surface area contributed by atoms with Gasteiger partial charge in [0.25, 0.3) is 15.4 Å². The summed E-state index contributed by atoms with van der Waals surface area (Å²) in [5, 5.41) is 0. The number of hydrogen-bond acceptors (Lipinski definition) is 4. The summed E-state index contributed by atoms with van der Waals surface area (Å²) in [6.45, 7) is 18.4. The number of hydrogen-bond donors (Lipinski definition) is 1. The predicted octanol–water partition coefficient (Wildman–Crippen LogP) is 1.97. The van der Waals surface area contributed by atoms with Gasteiger partial charge in [-0.15, -0.1) is 0 Å². The molecular weight excluding hydrogens is 280 g/mol. The second kappa shape index (κ2) is 6.60.